The summed E-state index contributed by atoms with van der Waals surface area (Å²) >= 11 is 0. The molecule has 0 amide bonds. The van der Waals surface area contributed by atoms with Crippen LogP contribution in [0.25, 0.3) is 17.2 Å². The highest BCUT2D eigenvalue weighted by Crippen LogP contribution is 2.24. The Morgan fingerprint density at radius 3 is 2.46 bits per heavy atom. The van der Waals surface area contributed by atoms with Gasteiger partial charge in [-0.2, -0.15) is 0 Å². The Labute approximate surface area is 144 Å². The lowest BCUT2D eigenvalue weighted by Gasteiger charge is -2.07. The first kappa shape index (κ1) is 17.8. The molecule has 2 aromatic rings. The summed E-state index contributed by atoms with van der Waals surface area (Å²) in [4.78, 5) is 12.0. The smallest absolute Gasteiger partial charge is 0.334 e. The fraction of sp³-hybridized carbons (Fsp3) is 0.286. The van der Waals surface area contributed by atoms with Gasteiger partial charge in [0, 0.05) is 18.3 Å². The zero-order valence-corrected chi connectivity index (χ0v) is 14.6. The number of esters is 1. The summed E-state index contributed by atoms with van der Waals surface area (Å²) in [6.45, 7) is 4.29. The molecule has 0 atom stereocenters. The number of nitrogens with one attached hydrogen (secondary N) is 1. The summed E-state index contributed by atoms with van der Waals surface area (Å²) in [7, 11) is 1.91. The Hall–Kier alpha value is -2.55. The summed E-state index contributed by atoms with van der Waals surface area (Å²) in [5.74, 6) is -0.217. The van der Waals surface area contributed by atoms with Crippen molar-refractivity contribution >= 4 is 17.7 Å². The maximum Gasteiger partial charge on any atom is 0.334 e. The molecule has 0 saturated heterocycles. The second-order valence-corrected chi connectivity index (χ2v) is 5.59. The van der Waals surface area contributed by atoms with Gasteiger partial charge in [-0.15, -0.1) is 0 Å². The lowest BCUT2D eigenvalue weighted by Crippen LogP contribution is -2.07. The molecule has 126 valence electrons. The molecule has 2 rings (SSSR count). The van der Waals surface area contributed by atoms with Gasteiger partial charge < -0.3 is 10.1 Å². The topological polar surface area (TPSA) is 38.3 Å². The standard InChI is InChI=1S/C21H25NO2/c1-4-7-19(21(23)24-5-2)14-16-10-12-17(13-11-16)18-8-6-9-20(15-18)22-3/h6,8-15,22H,4-5,7H2,1-3H3. The molecule has 0 saturated carbocycles. The van der Waals surface area contributed by atoms with Gasteiger partial charge in [-0.05, 0) is 48.2 Å². The zero-order valence-electron chi connectivity index (χ0n) is 14.6. The number of hydrogen-bond donors (Lipinski definition) is 1. The van der Waals surface area contributed by atoms with Crippen molar-refractivity contribution in [3.63, 3.8) is 0 Å². The van der Waals surface area contributed by atoms with Crippen molar-refractivity contribution in [2.24, 2.45) is 0 Å². The van der Waals surface area contributed by atoms with Gasteiger partial charge in [-0.3, -0.25) is 0 Å². The highest BCUT2D eigenvalue weighted by molar-refractivity contribution is 5.93. The first-order valence-electron chi connectivity index (χ1n) is 8.43. The molecular formula is C21H25NO2. The van der Waals surface area contributed by atoms with Gasteiger partial charge in [0.25, 0.3) is 0 Å². The molecule has 0 aromatic heterocycles. The molecule has 0 aliphatic carbocycles. The third kappa shape index (κ3) is 4.72. The molecule has 2 aromatic carbocycles. The molecule has 0 heterocycles. The van der Waals surface area contributed by atoms with E-state index in [0.717, 1.165) is 40.8 Å². The van der Waals surface area contributed by atoms with Gasteiger partial charge in [-0.1, -0.05) is 49.7 Å². The average molecular weight is 323 g/mol. The third-order valence-corrected chi connectivity index (χ3v) is 3.79. The van der Waals surface area contributed by atoms with Gasteiger partial charge in [0.2, 0.25) is 0 Å². The minimum absolute atomic E-state index is 0.217. The van der Waals surface area contributed by atoms with Crippen molar-refractivity contribution in [3.8, 4) is 11.1 Å². The number of carbonyl (C=O) groups excluding carboxylic acids is 1. The summed E-state index contributed by atoms with van der Waals surface area (Å²) in [5.41, 5.74) is 5.14. The van der Waals surface area contributed by atoms with Crippen LogP contribution in [-0.4, -0.2) is 19.6 Å². The Balaban J connectivity index is 2.23. The lowest BCUT2D eigenvalue weighted by molar-refractivity contribution is -0.138. The van der Waals surface area contributed by atoms with Crippen LogP contribution in [0.3, 0.4) is 0 Å². The SMILES string of the molecule is CCCC(=Cc1ccc(-c2cccc(NC)c2)cc1)C(=O)OCC. The van der Waals surface area contributed by atoms with E-state index in [1.54, 1.807) is 0 Å². The van der Waals surface area contributed by atoms with E-state index >= 15 is 0 Å². The fourth-order valence-electron chi connectivity index (χ4n) is 2.55. The molecule has 0 aliphatic rings. The van der Waals surface area contributed by atoms with Crippen LogP contribution in [0.5, 0.6) is 0 Å². The van der Waals surface area contributed by atoms with Gasteiger partial charge in [0.05, 0.1) is 6.61 Å². The van der Waals surface area contributed by atoms with Crippen LogP contribution in [0.4, 0.5) is 5.69 Å². The van der Waals surface area contributed by atoms with Crippen LogP contribution in [-0.2, 0) is 9.53 Å². The van der Waals surface area contributed by atoms with Crippen molar-refractivity contribution in [2.75, 3.05) is 19.0 Å². The molecule has 0 bridgehead atoms. The summed E-state index contributed by atoms with van der Waals surface area (Å²) in [6, 6.07) is 16.5. The van der Waals surface area contributed by atoms with E-state index in [1.807, 2.05) is 44.3 Å². The van der Waals surface area contributed by atoms with E-state index in [1.165, 1.54) is 0 Å². The first-order valence-corrected chi connectivity index (χ1v) is 8.43. The van der Waals surface area contributed by atoms with E-state index in [4.69, 9.17) is 4.74 Å². The normalized spacial score (nSPS) is 11.2. The molecule has 0 spiro atoms. The minimum atomic E-state index is -0.217. The minimum Gasteiger partial charge on any atom is -0.463 e. The molecule has 0 aliphatic heterocycles. The summed E-state index contributed by atoms with van der Waals surface area (Å²) < 4.78 is 5.13. The first-order chi connectivity index (χ1) is 11.7. The van der Waals surface area contributed by atoms with Gasteiger partial charge in [0.15, 0.2) is 0 Å². The maximum absolute atomic E-state index is 12.0. The number of rotatable bonds is 7. The van der Waals surface area contributed by atoms with Gasteiger partial charge in [-0.25, -0.2) is 4.79 Å². The van der Waals surface area contributed by atoms with E-state index in [0.29, 0.717) is 6.61 Å². The molecule has 0 fully saturated rings. The highest BCUT2D eigenvalue weighted by atomic mass is 16.5. The summed E-state index contributed by atoms with van der Waals surface area (Å²) in [6.07, 6.45) is 3.57. The van der Waals surface area contributed by atoms with Crippen LogP contribution in [0.1, 0.15) is 32.3 Å². The number of anilines is 1. The molecule has 1 N–H and O–H groups in total. The highest BCUT2D eigenvalue weighted by Gasteiger charge is 2.09. The number of hydrogen-bond acceptors (Lipinski definition) is 3. The predicted octanol–water partition coefficient (Wildman–Crippen LogP) is 5.14. The molecule has 0 unspecified atom stereocenters. The van der Waals surface area contributed by atoms with Crippen molar-refractivity contribution < 1.29 is 9.53 Å². The maximum atomic E-state index is 12.0. The predicted molar refractivity (Wildman–Crippen MR) is 101 cm³/mol. The Morgan fingerprint density at radius 1 is 1.08 bits per heavy atom. The van der Waals surface area contributed by atoms with Crippen LogP contribution in [0.2, 0.25) is 0 Å². The Kier molecular flexibility index (Phi) is 6.62. The second-order valence-electron chi connectivity index (χ2n) is 5.59. The molecule has 3 nitrogen and oxygen atoms in total. The van der Waals surface area contributed by atoms with Crippen LogP contribution < -0.4 is 5.32 Å². The van der Waals surface area contributed by atoms with E-state index in [9.17, 15) is 4.79 Å². The van der Waals surface area contributed by atoms with Crippen LogP contribution in [0, 0.1) is 0 Å². The van der Waals surface area contributed by atoms with Crippen molar-refractivity contribution in [3.05, 3.63) is 59.7 Å². The monoisotopic (exact) mass is 323 g/mol. The van der Waals surface area contributed by atoms with E-state index < -0.39 is 0 Å². The van der Waals surface area contributed by atoms with Crippen molar-refractivity contribution in [1.82, 2.24) is 0 Å². The van der Waals surface area contributed by atoms with Crippen LogP contribution >= 0.6 is 0 Å². The molecule has 24 heavy (non-hydrogen) atoms. The fourth-order valence-corrected chi connectivity index (χ4v) is 2.55. The zero-order chi connectivity index (χ0) is 17.4. The number of ether oxygens (including phenoxy) is 1. The number of benzene rings is 2. The molecule has 0 radical (unpaired) electrons. The Bertz CT molecular complexity index is 702. The Morgan fingerprint density at radius 2 is 1.83 bits per heavy atom. The number of carbonyl (C=O) groups is 1. The molecular weight excluding hydrogens is 298 g/mol. The second kappa shape index (κ2) is 8.92. The van der Waals surface area contributed by atoms with Crippen molar-refractivity contribution in [1.29, 1.82) is 0 Å². The van der Waals surface area contributed by atoms with E-state index in [2.05, 4.69) is 36.5 Å². The summed E-state index contributed by atoms with van der Waals surface area (Å²) in [5, 5.41) is 3.15. The van der Waals surface area contributed by atoms with Gasteiger partial charge in [0.1, 0.15) is 0 Å². The average Bonchev–Trinajstić information content (AvgIpc) is 2.62. The van der Waals surface area contributed by atoms with E-state index in [-0.39, 0.29) is 5.97 Å². The third-order valence-electron chi connectivity index (χ3n) is 3.79. The van der Waals surface area contributed by atoms with Gasteiger partial charge >= 0.3 is 5.97 Å². The lowest BCUT2D eigenvalue weighted by atomic mass is 10.0. The largest absolute Gasteiger partial charge is 0.463 e. The quantitative estimate of drug-likeness (QED) is 0.566. The van der Waals surface area contributed by atoms with Crippen LogP contribution in [0.15, 0.2) is 54.1 Å². The van der Waals surface area contributed by atoms with Crippen molar-refractivity contribution in [2.45, 2.75) is 26.7 Å². The molecule has 3 heteroatoms.